The van der Waals surface area contributed by atoms with E-state index in [-0.39, 0.29) is 16.8 Å². The van der Waals surface area contributed by atoms with Crippen molar-refractivity contribution in [1.29, 1.82) is 0 Å². The Labute approximate surface area is 191 Å². The summed E-state index contributed by atoms with van der Waals surface area (Å²) in [6.07, 6.45) is 3.40. The molecule has 4 rings (SSSR count). The molecule has 2 aliphatic rings. The minimum atomic E-state index is -0.731. The van der Waals surface area contributed by atoms with E-state index < -0.39 is 30.2 Å². The molecule has 0 aromatic heterocycles. The Morgan fingerprint density at radius 2 is 1.88 bits per heavy atom. The zero-order valence-corrected chi connectivity index (χ0v) is 18.9. The number of fused-ring (bicyclic) bond motifs is 1. The van der Waals surface area contributed by atoms with Gasteiger partial charge in [-0.05, 0) is 56.7 Å². The van der Waals surface area contributed by atoms with E-state index in [4.69, 9.17) is 0 Å². The number of urea groups is 1. The van der Waals surface area contributed by atoms with Gasteiger partial charge in [0, 0.05) is 29.5 Å². The van der Waals surface area contributed by atoms with Crippen molar-refractivity contribution in [3.05, 3.63) is 71.2 Å². The molecule has 0 unspecified atom stereocenters. The maximum atomic E-state index is 15.0. The first-order valence-electron chi connectivity index (χ1n) is 10.5. The molecule has 1 saturated heterocycles. The topological polar surface area (TPSA) is 81.8 Å². The van der Waals surface area contributed by atoms with Gasteiger partial charge in [0.25, 0.3) is 5.91 Å². The minimum Gasteiger partial charge on any atom is -0.365 e. The van der Waals surface area contributed by atoms with E-state index in [2.05, 4.69) is 16.7 Å². The molecular weight excluding hydrogens is 423 g/mol. The van der Waals surface area contributed by atoms with E-state index in [1.807, 2.05) is 32.7 Å². The van der Waals surface area contributed by atoms with Crippen molar-refractivity contribution in [2.45, 2.75) is 26.3 Å². The highest BCUT2D eigenvalue weighted by molar-refractivity contribution is 6.16. The number of likely N-dealkylation sites (N-methyl/N-ethyl adjacent to an activating group) is 1. The summed E-state index contributed by atoms with van der Waals surface area (Å²) in [4.78, 5) is 40.2. The fourth-order valence-electron chi connectivity index (χ4n) is 4.03. The van der Waals surface area contributed by atoms with Gasteiger partial charge in [0.1, 0.15) is 18.1 Å². The lowest BCUT2D eigenvalue weighted by molar-refractivity contribution is -0.127. The van der Waals surface area contributed by atoms with E-state index in [0.29, 0.717) is 5.69 Å². The van der Waals surface area contributed by atoms with Crippen molar-refractivity contribution in [1.82, 2.24) is 10.2 Å². The molecule has 1 fully saturated rings. The quantitative estimate of drug-likeness (QED) is 0.548. The van der Waals surface area contributed by atoms with Crippen LogP contribution >= 0.6 is 0 Å². The van der Waals surface area contributed by atoms with Gasteiger partial charge in [0.2, 0.25) is 5.91 Å². The molecule has 2 N–H and O–H groups in total. The van der Waals surface area contributed by atoms with Crippen molar-refractivity contribution >= 4 is 40.9 Å². The van der Waals surface area contributed by atoms with Gasteiger partial charge in [-0.2, -0.15) is 0 Å². The second-order valence-corrected chi connectivity index (χ2v) is 8.72. The number of halogens is 1. The number of hydrogen-bond acceptors (Lipinski definition) is 4. The first kappa shape index (κ1) is 22.3. The van der Waals surface area contributed by atoms with Crippen molar-refractivity contribution in [2.75, 3.05) is 23.8 Å². The number of nitrogens with one attached hydrogen (secondary N) is 2. The number of benzene rings is 2. The van der Waals surface area contributed by atoms with E-state index in [1.54, 1.807) is 36.4 Å². The molecule has 0 saturated carbocycles. The molecule has 2 aromatic rings. The fourth-order valence-corrected chi connectivity index (χ4v) is 4.03. The fraction of sp³-hybridized carbons (Fsp3) is 0.240. The van der Waals surface area contributed by atoms with Crippen LogP contribution in [0.25, 0.3) is 11.6 Å². The van der Waals surface area contributed by atoms with Gasteiger partial charge in [-0.25, -0.2) is 14.1 Å². The van der Waals surface area contributed by atoms with Gasteiger partial charge >= 0.3 is 6.03 Å². The number of para-hydroxylation sites is 1. The Morgan fingerprint density at radius 3 is 2.58 bits per heavy atom. The average molecular weight is 448 g/mol. The SMILES string of the molecule is CC1=CC(C)(C)N(C)c2cc(F)c(/C=C3/NC(=O)N(CC(=O)Nc4ccccc4)C3=O)cc21. The maximum Gasteiger partial charge on any atom is 0.329 e. The zero-order chi connectivity index (χ0) is 23.9. The van der Waals surface area contributed by atoms with Crippen LogP contribution in [0.2, 0.25) is 0 Å². The standard InChI is InChI=1S/C25H25FN4O3/c1-15-13-25(2,3)29(4)21-12-19(26)16(10-18(15)21)11-20-23(32)30(24(33)28-20)14-22(31)27-17-8-6-5-7-9-17/h5-13H,14H2,1-4H3,(H,27,31)(H,28,33)/b20-11+. The molecule has 2 aromatic carbocycles. The molecule has 0 atom stereocenters. The normalized spacial score (nSPS) is 18.2. The van der Waals surface area contributed by atoms with Crippen LogP contribution in [0.15, 0.2) is 54.2 Å². The number of anilines is 2. The summed E-state index contributed by atoms with van der Waals surface area (Å²) in [7, 11) is 1.90. The van der Waals surface area contributed by atoms with Crippen molar-refractivity contribution in [3.8, 4) is 0 Å². The molecule has 0 bridgehead atoms. The molecular formula is C25H25FN4O3. The summed E-state index contributed by atoms with van der Waals surface area (Å²) in [6.45, 7) is 5.59. The molecule has 170 valence electrons. The second kappa shape index (κ2) is 8.20. The van der Waals surface area contributed by atoms with Crippen LogP contribution in [0.4, 0.5) is 20.6 Å². The number of carbonyl (C=O) groups is 3. The van der Waals surface area contributed by atoms with E-state index in [1.165, 1.54) is 12.1 Å². The Balaban J connectivity index is 1.57. The average Bonchev–Trinajstić information content (AvgIpc) is 3.01. The molecule has 0 radical (unpaired) electrons. The number of hydrogen-bond donors (Lipinski definition) is 2. The van der Waals surface area contributed by atoms with Crippen LogP contribution in [-0.4, -0.2) is 41.9 Å². The van der Waals surface area contributed by atoms with Gasteiger partial charge in [-0.3, -0.25) is 9.59 Å². The largest absolute Gasteiger partial charge is 0.365 e. The maximum absolute atomic E-state index is 15.0. The van der Waals surface area contributed by atoms with Crippen molar-refractivity contribution in [2.24, 2.45) is 0 Å². The molecule has 8 heteroatoms. The summed E-state index contributed by atoms with van der Waals surface area (Å²) < 4.78 is 15.0. The lowest BCUT2D eigenvalue weighted by Gasteiger charge is -2.40. The first-order chi connectivity index (χ1) is 15.6. The highest BCUT2D eigenvalue weighted by Crippen LogP contribution is 2.39. The predicted octanol–water partition coefficient (Wildman–Crippen LogP) is 3.99. The van der Waals surface area contributed by atoms with Crippen LogP contribution in [0.3, 0.4) is 0 Å². The van der Waals surface area contributed by atoms with Crippen molar-refractivity contribution in [3.63, 3.8) is 0 Å². The number of amides is 4. The molecule has 7 nitrogen and oxygen atoms in total. The third kappa shape index (κ3) is 4.24. The van der Waals surface area contributed by atoms with Crippen LogP contribution in [0.5, 0.6) is 0 Å². The number of rotatable bonds is 4. The van der Waals surface area contributed by atoms with Crippen LogP contribution in [-0.2, 0) is 9.59 Å². The number of nitrogens with zero attached hydrogens (tertiary/aromatic N) is 2. The Kier molecular flexibility index (Phi) is 5.53. The van der Waals surface area contributed by atoms with Gasteiger partial charge in [-0.1, -0.05) is 24.3 Å². The molecule has 0 spiro atoms. The van der Waals surface area contributed by atoms with Gasteiger partial charge < -0.3 is 15.5 Å². The summed E-state index contributed by atoms with van der Waals surface area (Å²) in [5.41, 5.74) is 2.97. The van der Waals surface area contributed by atoms with E-state index in [9.17, 15) is 18.8 Å². The van der Waals surface area contributed by atoms with Gasteiger partial charge in [0.15, 0.2) is 0 Å². The van der Waals surface area contributed by atoms with E-state index in [0.717, 1.165) is 21.7 Å². The lowest BCUT2D eigenvalue weighted by atomic mass is 9.88. The number of carbonyl (C=O) groups excluding carboxylic acids is 3. The summed E-state index contributed by atoms with van der Waals surface area (Å²) in [6, 6.07) is 11.1. The van der Waals surface area contributed by atoms with Gasteiger partial charge in [-0.15, -0.1) is 0 Å². The second-order valence-electron chi connectivity index (χ2n) is 8.72. The summed E-state index contributed by atoms with van der Waals surface area (Å²) in [5, 5.41) is 5.07. The Hall–Kier alpha value is -3.94. The Morgan fingerprint density at radius 1 is 1.18 bits per heavy atom. The van der Waals surface area contributed by atoms with E-state index >= 15 is 0 Å². The predicted molar refractivity (Wildman–Crippen MR) is 126 cm³/mol. The lowest BCUT2D eigenvalue weighted by Crippen LogP contribution is -2.42. The monoisotopic (exact) mass is 448 g/mol. The zero-order valence-electron chi connectivity index (χ0n) is 18.9. The molecule has 2 aliphatic heterocycles. The molecule has 33 heavy (non-hydrogen) atoms. The Bertz CT molecular complexity index is 1220. The molecule has 4 amide bonds. The smallest absolute Gasteiger partial charge is 0.329 e. The number of allylic oxidation sites excluding steroid dienone is 1. The molecule has 0 aliphatic carbocycles. The summed E-state index contributed by atoms with van der Waals surface area (Å²) in [5.74, 6) is -1.72. The summed E-state index contributed by atoms with van der Waals surface area (Å²) >= 11 is 0. The number of imide groups is 1. The van der Waals surface area contributed by atoms with Gasteiger partial charge in [0.05, 0.1) is 5.54 Å². The third-order valence-electron chi connectivity index (χ3n) is 5.96. The van der Waals surface area contributed by atoms with Crippen LogP contribution < -0.4 is 15.5 Å². The van der Waals surface area contributed by atoms with Crippen molar-refractivity contribution < 1.29 is 18.8 Å². The highest BCUT2D eigenvalue weighted by Gasteiger charge is 2.35. The molecule has 2 heterocycles. The first-order valence-corrected chi connectivity index (χ1v) is 10.5. The third-order valence-corrected chi connectivity index (χ3v) is 5.96. The van der Waals surface area contributed by atoms with Crippen LogP contribution in [0.1, 0.15) is 31.9 Å². The highest BCUT2D eigenvalue weighted by atomic mass is 19.1. The van der Waals surface area contributed by atoms with Crippen LogP contribution in [0, 0.1) is 5.82 Å². The minimum absolute atomic E-state index is 0.0857.